The summed E-state index contributed by atoms with van der Waals surface area (Å²) in [5.41, 5.74) is 2.48. The second-order valence-corrected chi connectivity index (χ2v) is 7.64. The molecule has 0 spiro atoms. The molecular weight excluding hydrogens is 398 g/mol. The summed E-state index contributed by atoms with van der Waals surface area (Å²) < 4.78 is 13.7. The van der Waals surface area contributed by atoms with Gasteiger partial charge in [-0.25, -0.2) is 4.68 Å². The number of methoxy groups -OCH3 is 1. The van der Waals surface area contributed by atoms with Crippen molar-refractivity contribution in [3.63, 3.8) is 0 Å². The van der Waals surface area contributed by atoms with E-state index in [-0.39, 0.29) is 30.4 Å². The molecule has 0 bridgehead atoms. The van der Waals surface area contributed by atoms with Gasteiger partial charge < -0.3 is 14.0 Å². The smallest absolute Gasteiger partial charge is 0.312 e. The standard InChI is InChI=1S/C23H27N3O5/c1-14-10-19(16(3)26(14)15(2)12-30-5)21(27)13-31-22(28)11-20-17-8-6-7-9-18(17)23(29)25(4)24-20/h6-10,15H,11-13H2,1-5H3. The molecule has 2 aromatic heterocycles. The van der Waals surface area contributed by atoms with Crippen LogP contribution in [-0.2, 0) is 27.7 Å². The number of rotatable bonds is 8. The van der Waals surface area contributed by atoms with Crippen molar-refractivity contribution in [2.75, 3.05) is 20.3 Å². The van der Waals surface area contributed by atoms with Crippen molar-refractivity contribution in [1.29, 1.82) is 0 Å². The highest BCUT2D eigenvalue weighted by Gasteiger charge is 2.20. The number of ether oxygens (including phenoxy) is 2. The molecule has 1 unspecified atom stereocenters. The molecule has 3 rings (SSSR count). The van der Waals surface area contributed by atoms with E-state index in [1.807, 2.05) is 25.3 Å². The molecular formula is C23H27N3O5. The van der Waals surface area contributed by atoms with Crippen LogP contribution in [0.3, 0.4) is 0 Å². The first-order valence-corrected chi connectivity index (χ1v) is 10.1. The number of aryl methyl sites for hydroxylation is 2. The Kier molecular flexibility index (Phi) is 6.70. The molecule has 0 aliphatic rings. The topological polar surface area (TPSA) is 92.4 Å². The normalized spacial score (nSPS) is 12.2. The van der Waals surface area contributed by atoms with E-state index in [0.29, 0.717) is 28.6 Å². The van der Waals surface area contributed by atoms with Crippen LogP contribution in [-0.4, -0.2) is 46.4 Å². The first-order valence-electron chi connectivity index (χ1n) is 10.1. The van der Waals surface area contributed by atoms with E-state index < -0.39 is 5.97 Å². The predicted octanol–water partition coefficient (Wildman–Crippen LogP) is 2.53. The minimum absolute atomic E-state index is 0.0816. The molecule has 2 heterocycles. The number of Topliss-reactive ketones (excluding diaryl/α,β-unsaturated/α-hetero) is 1. The Morgan fingerprint density at radius 3 is 2.52 bits per heavy atom. The van der Waals surface area contributed by atoms with Crippen molar-refractivity contribution < 1.29 is 19.1 Å². The van der Waals surface area contributed by atoms with Crippen molar-refractivity contribution in [2.45, 2.75) is 33.2 Å². The lowest BCUT2D eigenvalue weighted by Crippen LogP contribution is -2.23. The van der Waals surface area contributed by atoms with Crippen molar-refractivity contribution in [3.8, 4) is 0 Å². The summed E-state index contributed by atoms with van der Waals surface area (Å²) in [6, 6.07) is 8.86. The fourth-order valence-corrected chi connectivity index (χ4v) is 3.97. The van der Waals surface area contributed by atoms with Crippen LogP contribution in [0.25, 0.3) is 10.8 Å². The summed E-state index contributed by atoms with van der Waals surface area (Å²) >= 11 is 0. The Morgan fingerprint density at radius 1 is 1.16 bits per heavy atom. The molecule has 164 valence electrons. The average molecular weight is 425 g/mol. The van der Waals surface area contributed by atoms with E-state index in [4.69, 9.17) is 9.47 Å². The van der Waals surface area contributed by atoms with E-state index in [1.54, 1.807) is 37.4 Å². The summed E-state index contributed by atoms with van der Waals surface area (Å²) in [5, 5.41) is 5.28. The Balaban J connectivity index is 1.72. The van der Waals surface area contributed by atoms with Crippen LogP contribution in [0.5, 0.6) is 0 Å². The quantitative estimate of drug-likeness (QED) is 0.407. The maximum atomic E-state index is 12.7. The van der Waals surface area contributed by atoms with Gasteiger partial charge in [0, 0.05) is 36.5 Å². The molecule has 8 nitrogen and oxygen atoms in total. The van der Waals surface area contributed by atoms with E-state index in [9.17, 15) is 14.4 Å². The molecule has 0 saturated carbocycles. The second-order valence-electron chi connectivity index (χ2n) is 7.64. The number of nitrogens with zero attached hydrogens (tertiary/aromatic N) is 3. The van der Waals surface area contributed by atoms with Crippen LogP contribution in [0.15, 0.2) is 35.1 Å². The Bertz CT molecular complexity index is 1190. The molecule has 0 aliphatic carbocycles. The molecule has 1 atom stereocenters. The first-order chi connectivity index (χ1) is 14.7. The van der Waals surface area contributed by atoms with Gasteiger partial charge in [0.1, 0.15) is 0 Å². The van der Waals surface area contributed by atoms with Gasteiger partial charge in [0.2, 0.25) is 5.78 Å². The van der Waals surface area contributed by atoms with Gasteiger partial charge in [0.15, 0.2) is 6.61 Å². The van der Waals surface area contributed by atoms with Gasteiger partial charge in [-0.15, -0.1) is 0 Å². The highest BCUT2D eigenvalue weighted by atomic mass is 16.5. The summed E-state index contributed by atoms with van der Waals surface area (Å²) in [6.07, 6.45) is -0.133. The number of fused-ring (bicyclic) bond motifs is 1. The molecule has 31 heavy (non-hydrogen) atoms. The van der Waals surface area contributed by atoms with Crippen molar-refractivity contribution in [1.82, 2.24) is 14.3 Å². The van der Waals surface area contributed by atoms with E-state index in [2.05, 4.69) is 5.10 Å². The number of carbonyl (C=O) groups excluding carboxylic acids is 2. The number of ketones is 1. The van der Waals surface area contributed by atoms with Gasteiger partial charge in [0.05, 0.1) is 30.1 Å². The van der Waals surface area contributed by atoms with E-state index in [0.717, 1.165) is 11.4 Å². The number of esters is 1. The van der Waals surface area contributed by atoms with Crippen LogP contribution in [0.2, 0.25) is 0 Å². The van der Waals surface area contributed by atoms with E-state index >= 15 is 0 Å². The highest BCUT2D eigenvalue weighted by Crippen LogP contribution is 2.21. The predicted molar refractivity (Wildman–Crippen MR) is 116 cm³/mol. The zero-order valence-electron chi connectivity index (χ0n) is 18.5. The largest absolute Gasteiger partial charge is 0.457 e. The number of aromatic nitrogens is 3. The third-order valence-corrected chi connectivity index (χ3v) is 5.34. The monoisotopic (exact) mass is 425 g/mol. The second kappa shape index (κ2) is 9.26. The van der Waals surface area contributed by atoms with Crippen LogP contribution >= 0.6 is 0 Å². The summed E-state index contributed by atoms with van der Waals surface area (Å²) in [6.45, 7) is 5.99. The van der Waals surface area contributed by atoms with Crippen molar-refractivity contribution in [2.24, 2.45) is 7.05 Å². The van der Waals surface area contributed by atoms with Gasteiger partial charge in [-0.05, 0) is 32.9 Å². The number of hydrogen-bond donors (Lipinski definition) is 0. The summed E-state index contributed by atoms with van der Waals surface area (Å²) in [5.74, 6) is -0.846. The van der Waals surface area contributed by atoms with Crippen molar-refractivity contribution in [3.05, 3.63) is 63.3 Å². The van der Waals surface area contributed by atoms with Crippen LogP contribution in [0.4, 0.5) is 0 Å². The van der Waals surface area contributed by atoms with E-state index in [1.165, 1.54) is 11.7 Å². The first kappa shape index (κ1) is 22.4. The van der Waals surface area contributed by atoms with Gasteiger partial charge >= 0.3 is 5.97 Å². The molecule has 8 heteroatoms. The SMILES string of the molecule is COCC(C)n1c(C)cc(C(=O)COC(=O)Cc2nn(C)c(=O)c3ccccc23)c1C. The van der Waals surface area contributed by atoms with Gasteiger partial charge in [0.25, 0.3) is 5.56 Å². The molecule has 1 aromatic carbocycles. The Morgan fingerprint density at radius 2 is 1.84 bits per heavy atom. The number of hydrogen-bond acceptors (Lipinski definition) is 6. The summed E-state index contributed by atoms with van der Waals surface area (Å²) in [7, 11) is 3.17. The molecule has 0 amide bonds. The molecule has 0 aliphatic heterocycles. The third kappa shape index (κ3) is 4.59. The molecule has 3 aromatic rings. The fraction of sp³-hybridized carbons (Fsp3) is 0.391. The lowest BCUT2D eigenvalue weighted by atomic mass is 10.1. The van der Waals surface area contributed by atoms with Gasteiger partial charge in [-0.1, -0.05) is 18.2 Å². The van der Waals surface area contributed by atoms with Gasteiger partial charge in [-0.3, -0.25) is 14.4 Å². The lowest BCUT2D eigenvalue weighted by Gasteiger charge is -2.17. The molecule has 0 fully saturated rings. The minimum atomic E-state index is -0.578. The maximum absolute atomic E-state index is 12.7. The zero-order valence-corrected chi connectivity index (χ0v) is 18.5. The molecule has 0 saturated heterocycles. The summed E-state index contributed by atoms with van der Waals surface area (Å²) in [4.78, 5) is 37.3. The lowest BCUT2D eigenvalue weighted by molar-refractivity contribution is -0.141. The Hall–Kier alpha value is -3.26. The molecule has 0 radical (unpaired) electrons. The maximum Gasteiger partial charge on any atom is 0.312 e. The third-order valence-electron chi connectivity index (χ3n) is 5.34. The van der Waals surface area contributed by atoms with Gasteiger partial charge in [-0.2, -0.15) is 5.10 Å². The number of carbonyl (C=O) groups is 2. The fourth-order valence-electron chi connectivity index (χ4n) is 3.97. The highest BCUT2D eigenvalue weighted by molar-refractivity contribution is 5.99. The van der Waals surface area contributed by atoms with Crippen LogP contribution in [0.1, 0.15) is 40.4 Å². The zero-order chi connectivity index (χ0) is 22.7. The van der Waals surface area contributed by atoms with Crippen molar-refractivity contribution >= 4 is 22.5 Å². The average Bonchev–Trinajstić information content (AvgIpc) is 3.04. The number of benzene rings is 1. The van der Waals surface area contributed by atoms with Crippen LogP contribution in [0, 0.1) is 13.8 Å². The van der Waals surface area contributed by atoms with Crippen LogP contribution < -0.4 is 5.56 Å². The molecule has 0 N–H and O–H groups in total. The minimum Gasteiger partial charge on any atom is -0.457 e. The Labute approximate surface area is 180 Å².